The van der Waals surface area contributed by atoms with E-state index in [0.717, 1.165) is 26.0 Å². The van der Waals surface area contributed by atoms with Gasteiger partial charge in [0.25, 0.3) is 0 Å². The first-order valence-electron chi connectivity index (χ1n) is 7.83. The summed E-state index contributed by atoms with van der Waals surface area (Å²) in [7, 11) is 0. The number of aliphatic hydroxyl groups excluding tert-OH is 1. The van der Waals surface area contributed by atoms with E-state index < -0.39 is 0 Å². The third kappa shape index (κ3) is 4.22. The van der Waals surface area contributed by atoms with Gasteiger partial charge in [-0.05, 0) is 51.5 Å². The van der Waals surface area contributed by atoms with Crippen molar-refractivity contribution >= 4 is 0 Å². The Morgan fingerprint density at radius 3 is 2.72 bits per heavy atom. The van der Waals surface area contributed by atoms with Crippen molar-refractivity contribution in [1.82, 2.24) is 5.32 Å². The van der Waals surface area contributed by atoms with E-state index >= 15 is 0 Å². The molecule has 0 aromatic heterocycles. The number of hydrogen-bond acceptors (Lipinski definition) is 3. The largest absolute Gasteiger partial charge is 0.396 e. The van der Waals surface area contributed by atoms with Gasteiger partial charge in [-0.25, -0.2) is 0 Å². The average molecular weight is 255 g/mol. The molecule has 0 bridgehead atoms. The van der Waals surface area contributed by atoms with E-state index in [0.29, 0.717) is 12.6 Å². The van der Waals surface area contributed by atoms with Crippen LogP contribution >= 0.6 is 0 Å². The summed E-state index contributed by atoms with van der Waals surface area (Å²) >= 11 is 0. The summed E-state index contributed by atoms with van der Waals surface area (Å²) in [5, 5.41) is 12.4. The smallest absolute Gasteiger partial charge is 0.0697 e. The second kappa shape index (κ2) is 7.46. The highest BCUT2D eigenvalue weighted by Crippen LogP contribution is 2.38. The summed E-state index contributed by atoms with van der Waals surface area (Å²) in [6, 6.07) is 0.658. The lowest BCUT2D eigenvalue weighted by molar-refractivity contribution is -0.109. The Labute approximate surface area is 111 Å². The number of rotatable bonds is 6. The van der Waals surface area contributed by atoms with Crippen molar-refractivity contribution in [2.24, 2.45) is 0 Å². The van der Waals surface area contributed by atoms with E-state index in [4.69, 9.17) is 9.84 Å². The minimum absolute atomic E-state index is 0.221. The van der Waals surface area contributed by atoms with Crippen LogP contribution in [-0.2, 0) is 4.74 Å². The highest BCUT2D eigenvalue weighted by atomic mass is 16.5. The van der Waals surface area contributed by atoms with E-state index in [9.17, 15) is 0 Å². The zero-order chi connectivity index (χ0) is 12.7. The minimum Gasteiger partial charge on any atom is -0.396 e. The molecule has 1 unspecified atom stereocenters. The van der Waals surface area contributed by atoms with Gasteiger partial charge in [0.15, 0.2) is 0 Å². The van der Waals surface area contributed by atoms with Gasteiger partial charge in [0.2, 0.25) is 0 Å². The van der Waals surface area contributed by atoms with E-state index in [2.05, 4.69) is 5.32 Å². The van der Waals surface area contributed by atoms with E-state index in [1.807, 2.05) is 0 Å². The Hall–Kier alpha value is -0.120. The maximum Gasteiger partial charge on any atom is 0.0697 e. The molecule has 1 aliphatic carbocycles. The predicted octanol–water partition coefficient (Wildman–Crippen LogP) is 2.62. The molecule has 1 saturated heterocycles. The van der Waals surface area contributed by atoms with Gasteiger partial charge >= 0.3 is 0 Å². The van der Waals surface area contributed by atoms with Gasteiger partial charge in [0.1, 0.15) is 0 Å². The number of hydrogen-bond donors (Lipinski definition) is 2. The fraction of sp³-hybridized carbons (Fsp3) is 1.00. The molecule has 0 aromatic rings. The van der Waals surface area contributed by atoms with E-state index in [1.165, 1.54) is 51.4 Å². The van der Waals surface area contributed by atoms with Gasteiger partial charge in [-0.15, -0.1) is 0 Å². The average Bonchev–Trinajstić information content (AvgIpc) is 2.40. The summed E-state index contributed by atoms with van der Waals surface area (Å²) < 4.78 is 6.11. The standard InChI is InChI=1S/C15H29NO2/c17-11-6-2-5-10-16-14-7-12-18-15(13-14)8-3-1-4-9-15/h14,16-17H,1-13H2. The van der Waals surface area contributed by atoms with Crippen LogP contribution in [0.2, 0.25) is 0 Å². The first kappa shape index (κ1) is 14.3. The highest BCUT2D eigenvalue weighted by Gasteiger charge is 2.38. The van der Waals surface area contributed by atoms with Crippen molar-refractivity contribution in [2.75, 3.05) is 19.8 Å². The van der Waals surface area contributed by atoms with Crippen molar-refractivity contribution in [3.05, 3.63) is 0 Å². The lowest BCUT2D eigenvalue weighted by atomic mass is 9.78. The Bertz CT molecular complexity index is 221. The molecule has 1 spiro atoms. The molecule has 18 heavy (non-hydrogen) atoms. The van der Waals surface area contributed by atoms with Gasteiger partial charge in [0.05, 0.1) is 5.60 Å². The molecule has 1 aliphatic heterocycles. The topological polar surface area (TPSA) is 41.5 Å². The molecule has 1 heterocycles. The molecule has 106 valence electrons. The van der Waals surface area contributed by atoms with Crippen molar-refractivity contribution in [3.8, 4) is 0 Å². The predicted molar refractivity (Wildman–Crippen MR) is 73.7 cm³/mol. The van der Waals surface area contributed by atoms with Crippen LogP contribution in [-0.4, -0.2) is 36.5 Å². The number of nitrogens with one attached hydrogen (secondary N) is 1. The molecule has 1 saturated carbocycles. The van der Waals surface area contributed by atoms with E-state index in [1.54, 1.807) is 0 Å². The Kier molecular flexibility index (Phi) is 5.93. The lowest BCUT2D eigenvalue weighted by Gasteiger charge is -2.43. The van der Waals surface area contributed by atoms with Crippen LogP contribution in [0.4, 0.5) is 0 Å². The van der Waals surface area contributed by atoms with Crippen LogP contribution in [0, 0.1) is 0 Å². The summed E-state index contributed by atoms with van der Waals surface area (Å²) in [5.74, 6) is 0. The maximum absolute atomic E-state index is 8.74. The molecule has 0 aromatic carbocycles. The Morgan fingerprint density at radius 2 is 1.94 bits per heavy atom. The molecule has 1 atom stereocenters. The van der Waals surface area contributed by atoms with Gasteiger partial charge in [-0.3, -0.25) is 0 Å². The lowest BCUT2D eigenvalue weighted by Crippen LogP contribution is -2.48. The Morgan fingerprint density at radius 1 is 1.11 bits per heavy atom. The zero-order valence-corrected chi connectivity index (χ0v) is 11.6. The number of ether oxygens (including phenoxy) is 1. The second-order valence-corrected chi connectivity index (χ2v) is 6.02. The fourth-order valence-corrected chi connectivity index (χ4v) is 3.47. The van der Waals surface area contributed by atoms with Crippen LogP contribution in [0.25, 0.3) is 0 Å². The summed E-state index contributed by atoms with van der Waals surface area (Å²) in [4.78, 5) is 0. The minimum atomic E-state index is 0.221. The van der Waals surface area contributed by atoms with Crippen molar-refractivity contribution < 1.29 is 9.84 Å². The van der Waals surface area contributed by atoms with Crippen LogP contribution in [0.5, 0.6) is 0 Å². The second-order valence-electron chi connectivity index (χ2n) is 6.02. The Balaban J connectivity index is 1.66. The summed E-state index contributed by atoms with van der Waals surface area (Å²) in [5.41, 5.74) is 0.221. The van der Waals surface area contributed by atoms with Crippen LogP contribution < -0.4 is 5.32 Å². The van der Waals surface area contributed by atoms with Gasteiger partial charge < -0.3 is 15.2 Å². The number of aliphatic hydroxyl groups is 1. The molecule has 2 aliphatic rings. The molecular weight excluding hydrogens is 226 g/mol. The SMILES string of the molecule is OCCCCCNC1CCOC2(CCCCC2)C1. The quantitative estimate of drug-likeness (QED) is 0.717. The van der Waals surface area contributed by atoms with E-state index in [-0.39, 0.29) is 5.60 Å². The molecule has 3 heteroatoms. The molecule has 0 radical (unpaired) electrons. The first-order valence-corrected chi connectivity index (χ1v) is 7.83. The van der Waals surface area contributed by atoms with Gasteiger partial charge in [-0.1, -0.05) is 19.3 Å². The van der Waals surface area contributed by atoms with Gasteiger partial charge in [0, 0.05) is 19.3 Å². The van der Waals surface area contributed by atoms with Crippen molar-refractivity contribution in [1.29, 1.82) is 0 Å². The summed E-state index contributed by atoms with van der Waals surface area (Å²) in [6.45, 7) is 2.37. The first-order chi connectivity index (χ1) is 8.85. The molecule has 2 fully saturated rings. The van der Waals surface area contributed by atoms with Crippen LogP contribution in [0.15, 0.2) is 0 Å². The van der Waals surface area contributed by atoms with Crippen LogP contribution in [0.1, 0.15) is 64.2 Å². The molecule has 3 nitrogen and oxygen atoms in total. The monoisotopic (exact) mass is 255 g/mol. The zero-order valence-electron chi connectivity index (χ0n) is 11.6. The number of unbranched alkanes of at least 4 members (excludes halogenated alkanes) is 2. The van der Waals surface area contributed by atoms with Gasteiger partial charge in [-0.2, -0.15) is 0 Å². The van der Waals surface area contributed by atoms with Crippen molar-refractivity contribution in [3.63, 3.8) is 0 Å². The molecule has 2 N–H and O–H groups in total. The molecular formula is C15H29NO2. The maximum atomic E-state index is 8.74. The molecule has 2 rings (SSSR count). The van der Waals surface area contributed by atoms with Crippen molar-refractivity contribution in [2.45, 2.75) is 75.9 Å². The third-order valence-corrected chi connectivity index (χ3v) is 4.53. The normalized spacial score (nSPS) is 27.5. The fourth-order valence-electron chi connectivity index (χ4n) is 3.47. The highest BCUT2D eigenvalue weighted by molar-refractivity contribution is 4.91. The molecule has 0 amide bonds. The third-order valence-electron chi connectivity index (χ3n) is 4.53. The van der Waals surface area contributed by atoms with Crippen LogP contribution in [0.3, 0.4) is 0 Å². The summed E-state index contributed by atoms with van der Waals surface area (Å²) in [6.07, 6.45) is 12.3.